The van der Waals surface area contributed by atoms with Gasteiger partial charge in [-0.3, -0.25) is 4.79 Å². The zero-order valence-electron chi connectivity index (χ0n) is 14.9. The van der Waals surface area contributed by atoms with Gasteiger partial charge in [-0.1, -0.05) is 54.6 Å². The standard InChI is InChI=1S/C23H23NO2/c1-16(26-20-14-13-17-7-2-3-9-19(17)15-20)23(25)24-22-12-6-10-18-8-4-5-11-21(18)22/h2-5,7-9,11,13-16,22H,6,10,12H2,1H3,(H,24,25)/t16-,22+/m0/s1. The van der Waals surface area contributed by atoms with Gasteiger partial charge in [-0.05, 0) is 60.2 Å². The number of benzene rings is 3. The molecule has 0 saturated heterocycles. The summed E-state index contributed by atoms with van der Waals surface area (Å²) in [6.45, 7) is 1.80. The van der Waals surface area contributed by atoms with Gasteiger partial charge in [0, 0.05) is 0 Å². The number of nitrogens with one attached hydrogen (secondary N) is 1. The number of aryl methyl sites for hydroxylation is 1. The number of hydrogen-bond acceptors (Lipinski definition) is 2. The topological polar surface area (TPSA) is 38.3 Å². The van der Waals surface area contributed by atoms with Gasteiger partial charge in [-0.25, -0.2) is 0 Å². The van der Waals surface area contributed by atoms with Crippen LogP contribution in [0, 0.1) is 0 Å². The number of fused-ring (bicyclic) bond motifs is 2. The number of ether oxygens (including phenoxy) is 1. The van der Waals surface area contributed by atoms with Crippen LogP contribution in [0.15, 0.2) is 66.7 Å². The Kier molecular flexibility index (Phi) is 4.61. The van der Waals surface area contributed by atoms with Crippen molar-refractivity contribution in [3.8, 4) is 5.75 Å². The van der Waals surface area contributed by atoms with Gasteiger partial charge in [0.25, 0.3) is 5.91 Å². The molecule has 1 amide bonds. The molecule has 4 rings (SSSR count). The van der Waals surface area contributed by atoms with Crippen molar-refractivity contribution in [1.29, 1.82) is 0 Å². The maximum absolute atomic E-state index is 12.7. The number of carbonyl (C=O) groups is 1. The first-order valence-electron chi connectivity index (χ1n) is 9.24. The van der Waals surface area contributed by atoms with E-state index >= 15 is 0 Å². The van der Waals surface area contributed by atoms with Crippen LogP contribution in [0.1, 0.15) is 36.9 Å². The highest BCUT2D eigenvalue weighted by molar-refractivity contribution is 5.84. The summed E-state index contributed by atoms with van der Waals surface area (Å²) >= 11 is 0. The molecule has 1 N–H and O–H groups in total. The lowest BCUT2D eigenvalue weighted by molar-refractivity contribution is -0.128. The molecule has 0 radical (unpaired) electrons. The molecular weight excluding hydrogens is 322 g/mol. The van der Waals surface area contributed by atoms with E-state index in [9.17, 15) is 4.79 Å². The molecule has 1 aliphatic rings. The van der Waals surface area contributed by atoms with Crippen molar-refractivity contribution in [2.75, 3.05) is 0 Å². The van der Waals surface area contributed by atoms with Crippen molar-refractivity contribution in [1.82, 2.24) is 5.32 Å². The molecule has 3 heteroatoms. The minimum atomic E-state index is -0.537. The molecule has 3 nitrogen and oxygen atoms in total. The lowest BCUT2D eigenvalue weighted by Crippen LogP contribution is -2.39. The molecular formula is C23H23NO2. The summed E-state index contributed by atoms with van der Waals surface area (Å²) in [5.41, 5.74) is 2.58. The predicted molar refractivity (Wildman–Crippen MR) is 104 cm³/mol. The van der Waals surface area contributed by atoms with E-state index in [0.717, 1.165) is 35.8 Å². The van der Waals surface area contributed by atoms with E-state index in [0.29, 0.717) is 0 Å². The number of amides is 1. The Bertz CT molecular complexity index is 934. The third kappa shape index (κ3) is 3.43. The second kappa shape index (κ2) is 7.20. The quantitative estimate of drug-likeness (QED) is 0.737. The van der Waals surface area contributed by atoms with Gasteiger partial charge in [0.2, 0.25) is 0 Å². The van der Waals surface area contributed by atoms with E-state index in [1.165, 1.54) is 11.1 Å². The molecule has 0 spiro atoms. The van der Waals surface area contributed by atoms with Crippen LogP contribution in [-0.2, 0) is 11.2 Å². The second-order valence-electron chi connectivity index (χ2n) is 6.92. The SMILES string of the molecule is C[C@H](Oc1ccc2ccccc2c1)C(=O)N[C@@H]1CCCc2ccccc21. The van der Waals surface area contributed by atoms with E-state index in [4.69, 9.17) is 4.74 Å². The lowest BCUT2D eigenvalue weighted by Gasteiger charge is -2.27. The van der Waals surface area contributed by atoms with Crippen molar-refractivity contribution in [2.45, 2.75) is 38.3 Å². The van der Waals surface area contributed by atoms with E-state index in [-0.39, 0.29) is 11.9 Å². The minimum Gasteiger partial charge on any atom is -0.481 e. The average molecular weight is 345 g/mol. The number of hydrogen-bond donors (Lipinski definition) is 1. The molecule has 0 fully saturated rings. The molecule has 3 aromatic rings. The van der Waals surface area contributed by atoms with Crippen molar-refractivity contribution in [3.63, 3.8) is 0 Å². The van der Waals surface area contributed by atoms with E-state index in [1.807, 2.05) is 42.5 Å². The molecule has 0 aromatic heterocycles. The van der Waals surface area contributed by atoms with Crippen LogP contribution in [0.5, 0.6) is 5.75 Å². The zero-order valence-corrected chi connectivity index (χ0v) is 14.9. The van der Waals surface area contributed by atoms with Gasteiger partial charge in [0.05, 0.1) is 6.04 Å². The Morgan fingerprint density at radius 3 is 2.69 bits per heavy atom. The molecule has 1 aliphatic carbocycles. The first kappa shape index (κ1) is 16.6. The van der Waals surface area contributed by atoms with E-state index in [2.05, 4.69) is 29.6 Å². The van der Waals surface area contributed by atoms with Gasteiger partial charge in [0.15, 0.2) is 6.10 Å². The fourth-order valence-electron chi connectivity index (χ4n) is 3.69. The Hall–Kier alpha value is -2.81. The van der Waals surface area contributed by atoms with Crippen LogP contribution >= 0.6 is 0 Å². The number of carbonyl (C=O) groups excluding carboxylic acids is 1. The molecule has 3 aromatic carbocycles. The van der Waals surface area contributed by atoms with Gasteiger partial charge >= 0.3 is 0 Å². The summed E-state index contributed by atoms with van der Waals surface area (Å²) in [4.78, 5) is 12.7. The smallest absolute Gasteiger partial charge is 0.261 e. The van der Waals surface area contributed by atoms with Crippen LogP contribution in [0.3, 0.4) is 0 Å². The highest BCUT2D eigenvalue weighted by atomic mass is 16.5. The molecule has 0 aliphatic heterocycles. The van der Waals surface area contributed by atoms with Crippen LogP contribution in [0.4, 0.5) is 0 Å². The third-order valence-electron chi connectivity index (χ3n) is 5.09. The predicted octanol–water partition coefficient (Wildman–Crippen LogP) is 4.80. The lowest BCUT2D eigenvalue weighted by atomic mass is 9.87. The summed E-state index contributed by atoms with van der Waals surface area (Å²) in [6.07, 6.45) is 2.63. The van der Waals surface area contributed by atoms with E-state index < -0.39 is 6.10 Å². The molecule has 0 saturated carbocycles. The fourth-order valence-corrected chi connectivity index (χ4v) is 3.69. The zero-order chi connectivity index (χ0) is 17.9. The van der Waals surface area contributed by atoms with Crippen molar-refractivity contribution < 1.29 is 9.53 Å². The third-order valence-corrected chi connectivity index (χ3v) is 5.09. The maximum Gasteiger partial charge on any atom is 0.261 e. The maximum atomic E-state index is 12.7. The highest BCUT2D eigenvalue weighted by Gasteiger charge is 2.24. The Balaban J connectivity index is 1.45. The molecule has 0 heterocycles. The average Bonchev–Trinajstić information content (AvgIpc) is 2.68. The van der Waals surface area contributed by atoms with E-state index in [1.54, 1.807) is 6.92 Å². The van der Waals surface area contributed by atoms with Crippen molar-refractivity contribution >= 4 is 16.7 Å². The summed E-state index contributed by atoms with van der Waals surface area (Å²) in [5, 5.41) is 5.44. The molecule has 2 atom stereocenters. The van der Waals surface area contributed by atoms with Crippen molar-refractivity contribution in [3.05, 3.63) is 77.9 Å². The molecule has 132 valence electrons. The van der Waals surface area contributed by atoms with Crippen LogP contribution in [0.25, 0.3) is 10.8 Å². The Morgan fingerprint density at radius 2 is 1.81 bits per heavy atom. The number of rotatable bonds is 4. The monoisotopic (exact) mass is 345 g/mol. The van der Waals surface area contributed by atoms with Crippen LogP contribution < -0.4 is 10.1 Å². The van der Waals surface area contributed by atoms with Gasteiger partial charge in [0.1, 0.15) is 5.75 Å². The van der Waals surface area contributed by atoms with Crippen molar-refractivity contribution in [2.24, 2.45) is 0 Å². The van der Waals surface area contributed by atoms with Gasteiger partial charge in [-0.2, -0.15) is 0 Å². The van der Waals surface area contributed by atoms with Crippen LogP contribution in [-0.4, -0.2) is 12.0 Å². The second-order valence-corrected chi connectivity index (χ2v) is 6.92. The first-order chi connectivity index (χ1) is 12.7. The summed E-state index contributed by atoms with van der Waals surface area (Å²) < 4.78 is 5.90. The summed E-state index contributed by atoms with van der Waals surface area (Å²) in [5.74, 6) is 0.648. The first-order valence-corrected chi connectivity index (χ1v) is 9.24. The summed E-state index contributed by atoms with van der Waals surface area (Å²) in [6, 6.07) is 22.5. The molecule has 0 unspecified atom stereocenters. The normalized spacial score (nSPS) is 17.3. The van der Waals surface area contributed by atoms with Gasteiger partial charge in [-0.15, -0.1) is 0 Å². The van der Waals surface area contributed by atoms with Gasteiger partial charge < -0.3 is 10.1 Å². The van der Waals surface area contributed by atoms with Crippen LogP contribution in [0.2, 0.25) is 0 Å². The highest BCUT2D eigenvalue weighted by Crippen LogP contribution is 2.29. The largest absolute Gasteiger partial charge is 0.481 e. The minimum absolute atomic E-state index is 0.0696. The molecule has 26 heavy (non-hydrogen) atoms. The fraction of sp³-hybridized carbons (Fsp3) is 0.261. The molecule has 0 bridgehead atoms. The summed E-state index contributed by atoms with van der Waals surface area (Å²) in [7, 11) is 0. The Morgan fingerprint density at radius 1 is 1.04 bits per heavy atom. The Labute approximate surface area is 154 Å².